The largest absolute Gasteiger partial charge is 0.472 e. The molecule has 2 aromatic rings. The number of carbonyl (C=O) groups is 1. The number of pyridine rings is 1. The van der Waals surface area contributed by atoms with Crippen LogP contribution in [0.4, 0.5) is 13.2 Å². The van der Waals surface area contributed by atoms with Crippen molar-refractivity contribution in [1.82, 2.24) is 9.88 Å². The molecule has 1 aromatic heterocycles. The molecule has 2 heterocycles. The van der Waals surface area contributed by atoms with Gasteiger partial charge >= 0.3 is 6.18 Å². The Balaban J connectivity index is 1.77. The minimum absolute atomic E-state index is 0.0383. The van der Waals surface area contributed by atoms with E-state index in [1.165, 1.54) is 30.5 Å². The van der Waals surface area contributed by atoms with Gasteiger partial charge in [0.15, 0.2) is 0 Å². The smallest absolute Gasteiger partial charge is 0.393 e. The number of nitriles is 1. The molecule has 0 unspecified atom stereocenters. The fraction of sp³-hybridized carbons (Fsp3) is 0.381. The summed E-state index contributed by atoms with van der Waals surface area (Å²) >= 11 is 0. The number of likely N-dealkylation sites (tertiary alicyclic amines) is 1. The number of rotatable bonds is 4. The normalized spacial score (nSPS) is 19.5. The summed E-state index contributed by atoms with van der Waals surface area (Å²) in [7, 11) is 0. The Labute approximate surface area is 166 Å². The maximum Gasteiger partial charge on any atom is 0.393 e. The molecule has 0 bridgehead atoms. The first-order valence-corrected chi connectivity index (χ1v) is 9.25. The molecular formula is C21H20F3N3O2. The number of nitrogens with zero attached hydrogens (tertiary/aromatic N) is 3. The number of alkyl halides is 3. The van der Waals surface area contributed by atoms with Crippen LogP contribution in [0.2, 0.25) is 0 Å². The van der Waals surface area contributed by atoms with Gasteiger partial charge in [0.1, 0.15) is 6.10 Å². The Kier molecular flexibility index (Phi) is 6.06. The summed E-state index contributed by atoms with van der Waals surface area (Å²) in [5.74, 6) is -0.155. The molecule has 0 radical (unpaired) electrons. The fourth-order valence-corrected chi connectivity index (χ4v) is 3.42. The second-order valence-electron chi connectivity index (χ2n) is 7.07. The topological polar surface area (TPSA) is 66.2 Å². The molecule has 1 saturated heterocycles. The van der Waals surface area contributed by atoms with Crippen LogP contribution in [0.15, 0.2) is 42.6 Å². The zero-order chi connectivity index (χ0) is 21.0. The number of ether oxygens (including phenoxy) is 1. The Morgan fingerprint density at radius 1 is 1.31 bits per heavy atom. The summed E-state index contributed by atoms with van der Waals surface area (Å²) < 4.78 is 44.5. The molecule has 1 aliphatic rings. The first-order chi connectivity index (χ1) is 13.8. The lowest BCUT2D eigenvalue weighted by Crippen LogP contribution is -2.49. The number of carbonyl (C=O) groups excluding carboxylic acids is 1. The first kappa shape index (κ1) is 20.6. The van der Waals surface area contributed by atoms with Gasteiger partial charge in [-0.05, 0) is 37.5 Å². The van der Waals surface area contributed by atoms with Gasteiger partial charge in [0.05, 0.1) is 24.6 Å². The minimum atomic E-state index is -4.40. The van der Waals surface area contributed by atoms with Crippen LogP contribution >= 0.6 is 0 Å². The fourth-order valence-electron chi connectivity index (χ4n) is 3.42. The van der Waals surface area contributed by atoms with E-state index in [1.54, 1.807) is 17.0 Å². The molecule has 0 N–H and O–H groups in total. The molecule has 1 fully saturated rings. The van der Waals surface area contributed by atoms with Crippen molar-refractivity contribution >= 4 is 5.91 Å². The summed E-state index contributed by atoms with van der Waals surface area (Å²) in [5, 5.41) is 8.98. The molecule has 8 heteroatoms. The van der Waals surface area contributed by atoms with E-state index in [4.69, 9.17) is 10.00 Å². The highest BCUT2D eigenvalue weighted by molar-refractivity contribution is 5.96. The van der Waals surface area contributed by atoms with Gasteiger partial charge < -0.3 is 9.64 Å². The van der Waals surface area contributed by atoms with E-state index in [2.05, 4.69) is 4.98 Å². The van der Waals surface area contributed by atoms with Gasteiger partial charge in [-0.1, -0.05) is 18.2 Å². The van der Waals surface area contributed by atoms with Crippen LogP contribution in [0.3, 0.4) is 0 Å². The molecule has 0 aliphatic carbocycles. The summed E-state index contributed by atoms with van der Waals surface area (Å²) in [6, 6.07) is 10.8. The average molecular weight is 403 g/mol. The van der Waals surface area contributed by atoms with Crippen LogP contribution in [-0.4, -0.2) is 40.7 Å². The van der Waals surface area contributed by atoms with Gasteiger partial charge in [0, 0.05) is 23.9 Å². The average Bonchev–Trinajstić information content (AvgIpc) is 2.68. The number of hydrogen-bond donors (Lipinski definition) is 0. The Morgan fingerprint density at radius 3 is 2.79 bits per heavy atom. The zero-order valence-corrected chi connectivity index (χ0v) is 15.8. The molecule has 152 valence electrons. The van der Waals surface area contributed by atoms with E-state index in [0.29, 0.717) is 18.4 Å². The SMILES string of the molecule is C[C@@H]1CC[C@@H](Oc2cc(C#N)ccn2)CN1C(=O)c1ccccc1CC(F)(F)F. The number of piperidine rings is 1. The van der Waals surface area contributed by atoms with Crippen molar-refractivity contribution in [3.8, 4) is 11.9 Å². The summed E-state index contributed by atoms with van der Waals surface area (Å²) in [4.78, 5) is 18.7. The van der Waals surface area contributed by atoms with Gasteiger partial charge in [-0.2, -0.15) is 18.4 Å². The second-order valence-corrected chi connectivity index (χ2v) is 7.07. The third-order valence-electron chi connectivity index (χ3n) is 4.89. The molecule has 5 nitrogen and oxygen atoms in total. The molecule has 2 atom stereocenters. The van der Waals surface area contributed by atoms with Crippen LogP contribution in [0.25, 0.3) is 0 Å². The predicted molar refractivity (Wildman–Crippen MR) is 99.3 cm³/mol. The van der Waals surface area contributed by atoms with Crippen LogP contribution in [-0.2, 0) is 6.42 Å². The van der Waals surface area contributed by atoms with Gasteiger partial charge in [-0.15, -0.1) is 0 Å². The highest BCUT2D eigenvalue weighted by Gasteiger charge is 2.34. The number of hydrogen-bond acceptors (Lipinski definition) is 4. The van der Waals surface area contributed by atoms with Gasteiger partial charge in [0.25, 0.3) is 5.91 Å². The lowest BCUT2D eigenvalue weighted by atomic mass is 9.97. The Bertz CT molecular complexity index is 924. The third kappa shape index (κ3) is 5.25. The lowest BCUT2D eigenvalue weighted by Gasteiger charge is -2.38. The van der Waals surface area contributed by atoms with Crippen molar-refractivity contribution in [3.63, 3.8) is 0 Å². The zero-order valence-electron chi connectivity index (χ0n) is 15.8. The highest BCUT2D eigenvalue weighted by Crippen LogP contribution is 2.27. The van der Waals surface area contributed by atoms with E-state index in [-0.39, 0.29) is 35.7 Å². The lowest BCUT2D eigenvalue weighted by molar-refractivity contribution is -0.127. The van der Waals surface area contributed by atoms with Crippen molar-refractivity contribution in [2.24, 2.45) is 0 Å². The predicted octanol–water partition coefficient (Wildman–Crippen LogP) is 4.13. The molecule has 1 aromatic carbocycles. The van der Waals surface area contributed by atoms with Crippen molar-refractivity contribution < 1.29 is 22.7 Å². The van der Waals surface area contributed by atoms with Gasteiger partial charge in [0.2, 0.25) is 5.88 Å². The number of aromatic nitrogens is 1. The van der Waals surface area contributed by atoms with Gasteiger partial charge in [-0.3, -0.25) is 4.79 Å². The standard InChI is InChI=1S/C21H20F3N3O2/c1-14-6-7-17(29-19-10-15(12-25)8-9-26-19)13-27(14)20(28)18-5-3-2-4-16(18)11-21(22,23)24/h2-5,8-10,14,17H,6-7,11,13H2,1H3/t14-,17-/m1/s1. The maximum atomic E-state index is 13.1. The summed E-state index contributed by atoms with van der Waals surface area (Å²) in [6.07, 6.45) is -3.11. The van der Waals surface area contributed by atoms with E-state index >= 15 is 0 Å². The molecular weight excluding hydrogens is 383 g/mol. The number of benzene rings is 1. The van der Waals surface area contributed by atoms with E-state index < -0.39 is 18.5 Å². The molecule has 1 amide bonds. The van der Waals surface area contributed by atoms with Crippen LogP contribution in [0.5, 0.6) is 5.88 Å². The maximum absolute atomic E-state index is 13.1. The van der Waals surface area contributed by atoms with E-state index in [1.807, 2.05) is 13.0 Å². The van der Waals surface area contributed by atoms with Crippen LogP contribution in [0, 0.1) is 11.3 Å². The van der Waals surface area contributed by atoms with Gasteiger partial charge in [-0.25, -0.2) is 4.98 Å². The number of halogens is 3. The van der Waals surface area contributed by atoms with E-state index in [9.17, 15) is 18.0 Å². The Hall–Kier alpha value is -3.08. The highest BCUT2D eigenvalue weighted by atomic mass is 19.4. The summed E-state index contributed by atoms with van der Waals surface area (Å²) in [5.41, 5.74) is 0.429. The monoisotopic (exact) mass is 403 g/mol. The van der Waals surface area contributed by atoms with Crippen molar-refractivity contribution in [3.05, 3.63) is 59.3 Å². The number of amides is 1. The second kappa shape index (κ2) is 8.52. The molecule has 29 heavy (non-hydrogen) atoms. The quantitative estimate of drug-likeness (QED) is 0.770. The summed E-state index contributed by atoms with van der Waals surface area (Å²) in [6.45, 7) is 2.11. The molecule has 0 spiro atoms. The van der Waals surface area contributed by atoms with Crippen LogP contribution < -0.4 is 4.74 Å². The van der Waals surface area contributed by atoms with Crippen molar-refractivity contribution in [1.29, 1.82) is 5.26 Å². The molecule has 0 saturated carbocycles. The van der Waals surface area contributed by atoms with Crippen molar-refractivity contribution in [2.45, 2.75) is 44.5 Å². The minimum Gasteiger partial charge on any atom is -0.472 e. The molecule has 1 aliphatic heterocycles. The van der Waals surface area contributed by atoms with Crippen LogP contribution in [0.1, 0.15) is 41.3 Å². The Morgan fingerprint density at radius 2 is 2.07 bits per heavy atom. The van der Waals surface area contributed by atoms with Crippen molar-refractivity contribution in [2.75, 3.05) is 6.54 Å². The first-order valence-electron chi connectivity index (χ1n) is 9.25. The third-order valence-corrected chi connectivity index (χ3v) is 4.89. The van der Waals surface area contributed by atoms with E-state index in [0.717, 1.165) is 0 Å². The molecule has 3 rings (SSSR count).